The Morgan fingerprint density at radius 3 is 2.11 bits per heavy atom. The maximum atomic E-state index is 12.8. The van der Waals surface area contributed by atoms with Gasteiger partial charge in [-0.15, -0.1) is 0 Å². The number of amides is 2. The zero-order valence-corrected chi connectivity index (χ0v) is 15.8. The molecule has 8 heteroatoms. The molecule has 0 N–H and O–H groups in total. The Hall–Kier alpha value is -2.90. The van der Waals surface area contributed by atoms with Crippen LogP contribution >= 0.6 is 0 Å². The first-order valence-corrected chi connectivity index (χ1v) is 8.71. The van der Waals surface area contributed by atoms with E-state index in [2.05, 4.69) is 9.47 Å². The van der Waals surface area contributed by atoms with Crippen LogP contribution in [0.5, 0.6) is 0 Å². The first kappa shape index (κ1) is 20.4. The third-order valence-corrected chi connectivity index (χ3v) is 4.54. The highest BCUT2D eigenvalue weighted by Gasteiger charge is 2.38. The minimum Gasteiger partial charge on any atom is -0.468 e. The van der Waals surface area contributed by atoms with Crippen LogP contribution in [0.25, 0.3) is 0 Å². The molecule has 1 atom stereocenters. The van der Waals surface area contributed by atoms with Crippen LogP contribution in [0.1, 0.15) is 18.9 Å². The Morgan fingerprint density at radius 1 is 1.07 bits per heavy atom. The van der Waals surface area contributed by atoms with Crippen molar-refractivity contribution in [1.29, 1.82) is 0 Å². The number of ether oxygens (including phenoxy) is 2. The van der Waals surface area contributed by atoms with Crippen LogP contribution in [0.2, 0.25) is 0 Å². The van der Waals surface area contributed by atoms with Gasteiger partial charge in [0.2, 0.25) is 11.8 Å². The smallest absolute Gasteiger partial charge is 0.325 e. The molecule has 1 heterocycles. The van der Waals surface area contributed by atoms with Crippen LogP contribution in [0.4, 0.5) is 5.69 Å². The third-order valence-electron chi connectivity index (χ3n) is 4.54. The van der Waals surface area contributed by atoms with Gasteiger partial charge in [-0.2, -0.15) is 0 Å². The molecule has 0 aromatic heterocycles. The molecule has 1 unspecified atom stereocenters. The van der Waals surface area contributed by atoms with Gasteiger partial charge in [-0.3, -0.25) is 19.2 Å². The lowest BCUT2D eigenvalue weighted by Gasteiger charge is -2.23. The zero-order chi connectivity index (χ0) is 20.0. The molecule has 0 radical (unpaired) electrons. The number of carbonyl (C=O) groups excluding carboxylic acids is 4. The van der Waals surface area contributed by atoms with Gasteiger partial charge in [0, 0.05) is 18.7 Å². The molecule has 1 aromatic carbocycles. The monoisotopic (exact) mass is 376 g/mol. The van der Waals surface area contributed by atoms with Crippen molar-refractivity contribution in [2.45, 2.75) is 19.8 Å². The van der Waals surface area contributed by atoms with E-state index < -0.39 is 23.8 Å². The van der Waals surface area contributed by atoms with Crippen LogP contribution in [-0.2, 0) is 35.1 Å². The summed E-state index contributed by atoms with van der Waals surface area (Å²) < 4.78 is 9.16. The van der Waals surface area contributed by atoms with Gasteiger partial charge in [-0.25, -0.2) is 0 Å². The number of benzene rings is 1. The van der Waals surface area contributed by atoms with Gasteiger partial charge in [0.25, 0.3) is 0 Å². The summed E-state index contributed by atoms with van der Waals surface area (Å²) in [5, 5.41) is 0. The minimum atomic E-state index is -0.649. The average molecular weight is 376 g/mol. The Kier molecular flexibility index (Phi) is 6.92. The summed E-state index contributed by atoms with van der Waals surface area (Å²) in [6.07, 6.45) is 0.915. The van der Waals surface area contributed by atoms with E-state index in [0.29, 0.717) is 0 Å². The van der Waals surface area contributed by atoms with Crippen molar-refractivity contribution in [1.82, 2.24) is 4.90 Å². The predicted octanol–water partition coefficient (Wildman–Crippen LogP) is 0.776. The van der Waals surface area contributed by atoms with Crippen molar-refractivity contribution in [2.75, 3.05) is 38.8 Å². The molecule has 2 amide bonds. The number of anilines is 1. The molecule has 146 valence electrons. The highest BCUT2D eigenvalue weighted by atomic mass is 16.5. The minimum absolute atomic E-state index is 0.0210. The van der Waals surface area contributed by atoms with Crippen molar-refractivity contribution in [2.24, 2.45) is 5.92 Å². The lowest BCUT2D eigenvalue weighted by Crippen LogP contribution is -2.44. The van der Waals surface area contributed by atoms with E-state index in [1.807, 2.05) is 31.2 Å². The fourth-order valence-corrected chi connectivity index (χ4v) is 2.94. The summed E-state index contributed by atoms with van der Waals surface area (Å²) in [5.74, 6) is -2.56. The highest BCUT2D eigenvalue weighted by Crippen LogP contribution is 2.26. The number of carbonyl (C=O) groups is 4. The molecule has 0 aliphatic carbocycles. The molecule has 0 saturated carbocycles. The topological polar surface area (TPSA) is 93.2 Å². The number of hydrogen-bond acceptors (Lipinski definition) is 6. The van der Waals surface area contributed by atoms with Crippen LogP contribution < -0.4 is 4.90 Å². The van der Waals surface area contributed by atoms with E-state index in [9.17, 15) is 19.2 Å². The summed E-state index contributed by atoms with van der Waals surface area (Å²) in [6.45, 7) is 1.49. The van der Waals surface area contributed by atoms with E-state index in [-0.39, 0.29) is 32.0 Å². The van der Waals surface area contributed by atoms with E-state index >= 15 is 0 Å². The van der Waals surface area contributed by atoms with Crippen molar-refractivity contribution in [3.05, 3.63) is 29.8 Å². The summed E-state index contributed by atoms with van der Waals surface area (Å²) in [6, 6.07) is 7.59. The van der Waals surface area contributed by atoms with Crippen LogP contribution in [-0.4, -0.2) is 62.5 Å². The van der Waals surface area contributed by atoms with Gasteiger partial charge in [-0.05, 0) is 24.1 Å². The summed E-state index contributed by atoms with van der Waals surface area (Å²) in [7, 11) is 2.40. The molecule has 27 heavy (non-hydrogen) atoms. The molecule has 1 aliphatic heterocycles. The Morgan fingerprint density at radius 2 is 1.63 bits per heavy atom. The average Bonchev–Trinajstić information content (AvgIpc) is 3.08. The normalized spacial score (nSPS) is 16.2. The van der Waals surface area contributed by atoms with Crippen LogP contribution in [0.3, 0.4) is 0 Å². The van der Waals surface area contributed by atoms with E-state index in [1.54, 1.807) is 4.90 Å². The fraction of sp³-hybridized carbons (Fsp3) is 0.474. The van der Waals surface area contributed by atoms with E-state index in [1.165, 1.54) is 14.2 Å². The second-order valence-corrected chi connectivity index (χ2v) is 6.27. The highest BCUT2D eigenvalue weighted by molar-refractivity contribution is 6.01. The van der Waals surface area contributed by atoms with Gasteiger partial charge < -0.3 is 19.3 Å². The summed E-state index contributed by atoms with van der Waals surface area (Å²) in [4.78, 5) is 51.0. The molecule has 0 bridgehead atoms. The van der Waals surface area contributed by atoms with Crippen molar-refractivity contribution >= 4 is 29.4 Å². The number of aryl methyl sites for hydroxylation is 1. The molecular weight excluding hydrogens is 352 g/mol. The SMILES string of the molecule is CCc1ccc(N2CC(C(=O)N(CC(=O)OC)CC(=O)OC)CC2=O)cc1. The molecule has 1 aliphatic rings. The zero-order valence-electron chi connectivity index (χ0n) is 15.8. The van der Waals surface area contributed by atoms with Crippen LogP contribution in [0.15, 0.2) is 24.3 Å². The first-order chi connectivity index (χ1) is 12.9. The second kappa shape index (κ2) is 9.16. The second-order valence-electron chi connectivity index (χ2n) is 6.27. The maximum Gasteiger partial charge on any atom is 0.325 e. The third kappa shape index (κ3) is 5.06. The van der Waals surface area contributed by atoms with Gasteiger partial charge in [0.1, 0.15) is 13.1 Å². The number of hydrogen-bond donors (Lipinski definition) is 0. The van der Waals surface area contributed by atoms with E-state index in [0.717, 1.165) is 22.6 Å². The van der Waals surface area contributed by atoms with Crippen molar-refractivity contribution in [3.8, 4) is 0 Å². The lowest BCUT2D eigenvalue weighted by molar-refractivity contribution is -0.153. The summed E-state index contributed by atoms with van der Waals surface area (Å²) in [5.41, 5.74) is 1.88. The van der Waals surface area contributed by atoms with Gasteiger partial charge in [-0.1, -0.05) is 19.1 Å². The molecular formula is C19H24N2O6. The standard InChI is InChI=1S/C19H24N2O6/c1-4-13-5-7-15(8-6-13)21-10-14(9-16(21)22)19(25)20(11-17(23)26-2)12-18(24)27-3/h5-8,14H,4,9-12H2,1-3H3. The summed E-state index contributed by atoms with van der Waals surface area (Å²) >= 11 is 0. The molecule has 0 spiro atoms. The fourth-order valence-electron chi connectivity index (χ4n) is 2.94. The molecule has 2 rings (SSSR count). The van der Waals surface area contributed by atoms with Crippen LogP contribution in [0, 0.1) is 5.92 Å². The van der Waals surface area contributed by atoms with Crippen molar-refractivity contribution < 1.29 is 28.7 Å². The number of methoxy groups -OCH3 is 2. The molecule has 1 saturated heterocycles. The maximum absolute atomic E-state index is 12.8. The Labute approximate surface area is 158 Å². The quantitative estimate of drug-likeness (QED) is 0.653. The number of rotatable bonds is 7. The predicted molar refractivity (Wildman–Crippen MR) is 96.9 cm³/mol. The Bertz CT molecular complexity index is 697. The van der Waals surface area contributed by atoms with Crippen molar-refractivity contribution in [3.63, 3.8) is 0 Å². The molecule has 1 fully saturated rings. The molecule has 1 aromatic rings. The lowest BCUT2D eigenvalue weighted by atomic mass is 10.1. The largest absolute Gasteiger partial charge is 0.468 e. The van der Waals surface area contributed by atoms with Gasteiger partial charge in [0.15, 0.2) is 0 Å². The van der Waals surface area contributed by atoms with E-state index in [4.69, 9.17) is 0 Å². The molecule has 8 nitrogen and oxygen atoms in total. The number of esters is 2. The first-order valence-electron chi connectivity index (χ1n) is 8.71. The Balaban J connectivity index is 2.12. The van der Waals surface area contributed by atoms with Gasteiger partial charge >= 0.3 is 11.9 Å². The number of nitrogens with zero attached hydrogens (tertiary/aromatic N) is 2. The van der Waals surface area contributed by atoms with Gasteiger partial charge in [0.05, 0.1) is 20.1 Å².